The number of hydrogen-bond donors (Lipinski definition) is 1. The normalized spacial score (nSPS) is 10.2. The Hall–Kier alpha value is -2.04. The molecule has 0 unspecified atom stereocenters. The van der Waals surface area contributed by atoms with Crippen molar-refractivity contribution in [1.29, 1.82) is 0 Å². The standard InChI is InChI=1S/C18H27NO4/c1-4-5-6-7-8-9-10-19-16-12-14(17(20)22-2)11-15(13-16)18(21)23-3/h11-13,19H,4-10H2,1-3H3. The first kappa shape index (κ1) is 19.0. The van der Waals surface area contributed by atoms with Crippen LogP contribution >= 0.6 is 0 Å². The maximum Gasteiger partial charge on any atom is 0.337 e. The summed E-state index contributed by atoms with van der Waals surface area (Å²) in [5.74, 6) is -0.947. The van der Waals surface area contributed by atoms with Gasteiger partial charge in [0, 0.05) is 12.2 Å². The number of nitrogens with one attached hydrogen (secondary N) is 1. The Morgan fingerprint density at radius 1 is 0.870 bits per heavy atom. The zero-order valence-electron chi connectivity index (χ0n) is 14.3. The Kier molecular flexibility index (Phi) is 8.80. The predicted octanol–water partition coefficient (Wildman–Crippen LogP) is 4.03. The maximum atomic E-state index is 11.7. The first-order valence-electron chi connectivity index (χ1n) is 8.18. The number of hydrogen-bond acceptors (Lipinski definition) is 5. The SMILES string of the molecule is CCCCCCCCNc1cc(C(=O)OC)cc(C(=O)OC)c1. The highest BCUT2D eigenvalue weighted by molar-refractivity contribution is 5.96. The molecule has 5 heteroatoms. The van der Waals surface area contributed by atoms with Crippen LogP contribution in [0.5, 0.6) is 0 Å². The Labute approximate surface area is 138 Å². The Morgan fingerprint density at radius 2 is 1.39 bits per heavy atom. The minimum absolute atomic E-state index is 0.334. The van der Waals surface area contributed by atoms with Gasteiger partial charge in [-0.3, -0.25) is 0 Å². The molecule has 128 valence electrons. The quantitative estimate of drug-likeness (QED) is 0.520. The maximum absolute atomic E-state index is 11.7. The van der Waals surface area contributed by atoms with E-state index in [1.165, 1.54) is 52.4 Å². The van der Waals surface area contributed by atoms with E-state index in [0.29, 0.717) is 11.1 Å². The molecule has 0 bridgehead atoms. The number of methoxy groups -OCH3 is 2. The van der Waals surface area contributed by atoms with E-state index in [2.05, 4.69) is 12.2 Å². The van der Waals surface area contributed by atoms with Gasteiger partial charge >= 0.3 is 11.9 Å². The highest BCUT2D eigenvalue weighted by Crippen LogP contribution is 2.17. The Balaban J connectivity index is 2.62. The van der Waals surface area contributed by atoms with E-state index in [4.69, 9.17) is 9.47 Å². The summed E-state index contributed by atoms with van der Waals surface area (Å²) >= 11 is 0. The third-order valence-corrected chi connectivity index (χ3v) is 3.63. The molecule has 0 saturated carbocycles. The van der Waals surface area contributed by atoms with Gasteiger partial charge < -0.3 is 14.8 Å². The summed E-state index contributed by atoms with van der Waals surface area (Å²) < 4.78 is 9.44. The number of unbranched alkanes of at least 4 members (excludes halogenated alkanes) is 5. The monoisotopic (exact) mass is 321 g/mol. The second-order valence-electron chi connectivity index (χ2n) is 5.48. The second kappa shape index (κ2) is 10.6. The molecule has 0 spiro atoms. The molecule has 5 nitrogen and oxygen atoms in total. The number of ether oxygens (including phenoxy) is 2. The van der Waals surface area contributed by atoms with E-state index >= 15 is 0 Å². The van der Waals surface area contributed by atoms with Crippen LogP contribution in [-0.4, -0.2) is 32.7 Å². The molecular weight excluding hydrogens is 294 g/mol. The van der Waals surface area contributed by atoms with Crippen molar-refractivity contribution >= 4 is 17.6 Å². The summed E-state index contributed by atoms with van der Waals surface area (Å²) in [5, 5.41) is 3.26. The van der Waals surface area contributed by atoms with Crippen molar-refractivity contribution in [1.82, 2.24) is 0 Å². The third-order valence-electron chi connectivity index (χ3n) is 3.63. The van der Waals surface area contributed by atoms with Crippen LogP contribution in [0.25, 0.3) is 0 Å². The molecule has 1 aromatic rings. The van der Waals surface area contributed by atoms with Gasteiger partial charge in [0.05, 0.1) is 25.3 Å². The summed E-state index contributed by atoms with van der Waals surface area (Å²) in [6.45, 7) is 3.01. The van der Waals surface area contributed by atoms with E-state index in [0.717, 1.165) is 18.7 Å². The molecule has 0 aliphatic carbocycles. The highest BCUT2D eigenvalue weighted by Gasteiger charge is 2.13. The summed E-state index contributed by atoms with van der Waals surface area (Å²) in [6, 6.07) is 4.86. The van der Waals surface area contributed by atoms with E-state index in [9.17, 15) is 9.59 Å². The number of benzene rings is 1. The van der Waals surface area contributed by atoms with E-state index in [1.807, 2.05) is 0 Å². The zero-order chi connectivity index (χ0) is 17.1. The number of esters is 2. The van der Waals surface area contributed by atoms with Crippen LogP contribution in [0, 0.1) is 0 Å². The lowest BCUT2D eigenvalue weighted by Crippen LogP contribution is -2.09. The lowest BCUT2D eigenvalue weighted by atomic mass is 10.1. The molecule has 0 radical (unpaired) electrons. The van der Waals surface area contributed by atoms with Gasteiger partial charge in [0.2, 0.25) is 0 Å². The minimum atomic E-state index is -0.474. The predicted molar refractivity (Wildman–Crippen MR) is 91.0 cm³/mol. The van der Waals surface area contributed by atoms with Crippen LogP contribution in [-0.2, 0) is 9.47 Å². The zero-order valence-corrected chi connectivity index (χ0v) is 14.3. The molecule has 1 N–H and O–H groups in total. The van der Waals surface area contributed by atoms with Gasteiger partial charge in [0.15, 0.2) is 0 Å². The molecule has 0 aliphatic heterocycles. The molecule has 1 aromatic carbocycles. The molecule has 0 amide bonds. The van der Waals surface area contributed by atoms with Crippen molar-refractivity contribution in [3.63, 3.8) is 0 Å². The van der Waals surface area contributed by atoms with Gasteiger partial charge in [0.25, 0.3) is 0 Å². The fraction of sp³-hybridized carbons (Fsp3) is 0.556. The lowest BCUT2D eigenvalue weighted by molar-refractivity contribution is 0.0599. The third kappa shape index (κ3) is 6.72. The number of anilines is 1. The molecule has 0 aliphatic rings. The van der Waals surface area contributed by atoms with Gasteiger partial charge in [-0.25, -0.2) is 9.59 Å². The average Bonchev–Trinajstić information content (AvgIpc) is 2.59. The average molecular weight is 321 g/mol. The van der Waals surface area contributed by atoms with E-state index in [1.54, 1.807) is 12.1 Å². The van der Waals surface area contributed by atoms with Crippen molar-refractivity contribution in [2.45, 2.75) is 45.4 Å². The smallest absolute Gasteiger partial charge is 0.337 e. The number of carbonyl (C=O) groups is 2. The molecular formula is C18H27NO4. The van der Waals surface area contributed by atoms with Gasteiger partial charge in [-0.15, -0.1) is 0 Å². The first-order chi connectivity index (χ1) is 11.1. The van der Waals surface area contributed by atoms with Crippen LogP contribution < -0.4 is 5.32 Å². The molecule has 0 aromatic heterocycles. The van der Waals surface area contributed by atoms with Crippen molar-refractivity contribution < 1.29 is 19.1 Å². The van der Waals surface area contributed by atoms with Crippen molar-refractivity contribution in [3.8, 4) is 0 Å². The number of carbonyl (C=O) groups excluding carboxylic acids is 2. The van der Waals surface area contributed by atoms with Crippen molar-refractivity contribution in [2.24, 2.45) is 0 Å². The fourth-order valence-electron chi connectivity index (χ4n) is 2.34. The summed E-state index contributed by atoms with van der Waals surface area (Å²) in [6.07, 6.45) is 7.28. The molecule has 0 saturated heterocycles. The largest absolute Gasteiger partial charge is 0.465 e. The second-order valence-corrected chi connectivity index (χ2v) is 5.48. The Bertz CT molecular complexity index is 479. The van der Waals surface area contributed by atoms with Crippen LogP contribution in [0.3, 0.4) is 0 Å². The van der Waals surface area contributed by atoms with Crippen LogP contribution in [0.15, 0.2) is 18.2 Å². The summed E-state index contributed by atoms with van der Waals surface area (Å²) in [4.78, 5) is 23.4. The summed E-state index contributed by atoms with van der Waals surface area (Å²) in [7, 11) is 2.63. The van der Waals surface area contributed by atoms with Crippen LogP contribution in [0.4, 0.5) is 5.69 Å². The van der Waals surface area contributed by atoms with Crippen LogP contribution in [0.1, 0.15) is 66.2 Å². The lowest BCUT2D eigenvalue weighted by Gasteiger charge is -2.10. The van der Waals surface area contributed by atoms with Crippen LogP contribution in [0.2, 0.25) is 0 Å². The molecule has 0 fully saturated rings. The number of rotatable bonds is 10. The molecule has 23 heavy (non-hydrogen) atoms. The molecule has 0 heterocycles. The van der Waals surface area contributed by atoms with Crippen molar-refractivity contribution in [3.05, 3.63) is 29.3 Å². The molecule has 0 atom stereocenters. The Morgan fingerprint density at radius 3 is 1.91 bits per heavy atom. The molecule has 1 rings (SSSR count). The fourth-order valence-corrected chi connectivity index (χ4v) is 2.34. The van der Waals surface area contributed by atoms with E-state index < -0.39 is 11.9 Å². The van der Waals surface area contributed by atoms with E-state index in [-0.39, 0.29) is 0 Å². The van der Waals surface area contributed by atoms with Crippen molar-refractivity contribution in [2.75, 3.05) is 26.1 Å². The highest BCUT2D eigenvalue weighted by atomic mass is 16.5. The topological polar surface area (TPSA) is 64.6 Å². The minimum Gasteiger partial charge on any atom is -0.465 e. The first-order valence-corrected chi connectivity index (χ1v) is 8.18. The van der Waals surface area contributed by atoms with Gasteiger partial charge in [-0.05, 0) is 24.6 Å². The van der Waals surface area contributed by atoms with Gasteiger partial charge in [-0.1, -0.05) is 39.0 Å². The van der Waals surface area contributed by atoms with Gasteiger partial charge in [-0.2, -0.15) is 0 Å². The van der Waals surface area contributed by atoms with Gasteiger partial charge in [0.1, 0.15) is 0 Å². The summed E-state index contributed by atoms with van der Waals surface area (Å²) in [5.41, 5.74) is 1.39.